The summed E-state index contributed by atoms with van der Waals surface area (Å²) in [5, 5.41) is 0. The Bertz CT molecular complexity index is 434. The number of esters is 1. The second-order valence-electron chi connectivity index (χ2n) is 7.35. The van der Waals surface area contributed by atoms with Gasteiger partial charge in [0.05, 0.1) is 5.92 Å². The Hall–Kier alpha value is -0.556. The molecule has 0 rings (SSSR count). The summed E-state index contributed by atoms with van der Waals surface area (Å²) in [6.45, 7) is 9.06. The van der Waals surface area contributed by atoms with Crippen LogP contribution in [0.4, 0.5) is 26.3 Å². The molecule has 24 heavy (non-hydrogen) atoms. The molecule has 0 saturated carbocycles. The van der Waals surface area contributed by atoms with E-state index in [1.54, 1.807) is 0 Å². The highest BCUT2D eigenvalue weighted by Gasteiger charge is 2.57. The van der Waals surface area contributed by atoms with Gasteiger partial charge in [-0.3, -0.25) is 4.79 Å². The second-order valence-corrected chi connectivity index (χ2v) is 16.3. The van der Waals surface area contributed by atoms with Gasteiger partial charge < -0.3 is 8.85 Å². The van der Waals surface area contributed by atoms with Crippen molar-refractivity contribution in [2.24, 2.45) is 5.92 Å². The number of halogens is 6. The predicted octanol–water partition coefficient (Wildman–Crippen LogP) is 4.76. The third-order valence-corrected chi connectivity index (χ3v) is 9.10. The minimum atomic E-state index is -5.72. The highest BCUT2D eigenvalue weighted by molar-refractivity contribution is 6.84. The van der Waals surface area contributed by atoms with Gasteiger partial charge >= 0.3 is 18.1 Å². The van der Waals surface area contributed by atoms with Crippen LogP contribution < -0.4 is 0 Å². The van der Waals surface area contributed by atoms with Crippen LogP contribution in [0.3, 0.4) is 0 Å². The monoisotopic (exact) mass is 398 g/mol. The van der Waals surface area contributed by atoms with Gasteiger partial charge in [0.2, 0.25) is 0 Å². The Kier molecular flexibility index (Phi) is 7.59. The number of hydrogen-bond donors (Lipinski definition) is 0. The topological polar surface area (TPSA) is 35.5 Å². The molecule has 0 aliphatic carbocycles. The maximum atomic E-state index is 13.1. The van der Waals surface area contributed by atoms with Crippen molar-refractivity contribution in [3.8, 4) is 0 Å². The van der Waals surface area contributed by atoms with Gasteiger partial charge in [0, 0.05) is 0 Å². The summed E-state index contributed by atoms with van der Waals surface area (Å²) >= 11 is 0. The average Bonchev–Trinajstić information content (AvgIpc) is 2.30. The summed E-state index contributed by atoms with van der Waals surface area (Å²) in [6, 6.07) is 0.264. The van der Waals surface area contributed by atoms with E-state index in [1.165, 1.54) is 6.92 Å². The smallest absolute Gasteiger partial charge is 0.425 e. The molecule has 0 spiro atoms. The van der Waals surface area contributed by atoms with Crippen LogP contribution in [0, 0.1) is 5.92 Å². The van der Waals surface area contributed by atoms with Gasteiger partial charge in [-0.2, -0.15) is 22.0 Å². The Morgan fingerprint density at radius 1 is 1.04 bits per heavy atom. The van der Waals surface area contributed by atoms with Gasteiger partial charge in [-0.05, 0) is 38.8 Å². The summed E-state index contributed by atoms with van der Waals surface area (Å²) in [5.41, 5.74) is 0. The standard InChI is InChI=1S/C13H24F6O3Si2/c1-9(7-24(5,6)22-23(2,3)4)10(20)21-8-12(15,16)11(14)13(17,18)19/h9,11H,7-8H2,1-6H3. The van der Waals surface area contributed by atoms with Crippen LogP contribution in [0.2, 0.25) is 38.8 Å². The van der Waals surface area contributed by atoms with Crippen LogP contribution in [0.25, 0.3) is 0 Å². The second kappa shape index (κ2) is 7.77. The highest BCUT2D eigenvalue weighted by atomic mass is 28.4. The third kappa shape index (κ3) is 8.51. The number of carbonyl (C=O) groups excluding carboxylic acids is 1. The molecule has 2 atom stereocenters. The molecule has 2 unspecified atom stereocenters. The molecule has 0 bridgehead atoms. The molecule has 0 aromatic heterocycles. The lowest BCUT2D eigenvalue weighted by Crippen LogP contribution is -2.46. The molecule has 0 aliphatic rings. The first-order valence-electron chi connectivity index (χ1n) is 7.33. The molecular weight excluding hydrogens is 374 g/mol. The lowest BCUT2D eigenvalue weighted by atomic mass is 10.2. The van der Waals surface area contributed by atoms with Gasteiger partial charge in [-0.15, -0.1) is 0 Å². The molecular formula is C13H24F6O3Si2. The fourth-order valence-corrected chi connectivity index (χ4v) is 10.9. The van der Waals surface area contributed by atoms with Crippen LogP contribution in [0.15, 0.2) is 0 Å². The normalized spacial score (nSPS) is 16.7. The fourth-order valence-electron chi connectivity index (χ4n) is 2.31. The van der Waals surface area contributed by atoms with Gasteiger partial charge in [0.1, 0.15) is 0 Å². The molecule has 0 heterocycles. The molecule has 0 radical (unpaired) electrons. The summed E-state index contributed by atoms with van der Waals surface area (Å²) in [7, 11) is -4.14. The minimum Gasteiger partial charge on any atom is -0.459 e. The van der Waals surface area contributed by atoms with Crippen molar-refractivity contribution in [3.63, 3.8) is 0 Å². The molecule has 0 aromatic rings. The first-order valence-corrected chi connectivity index (χ1v) is 13.9. The number of alkyl halides is 6. The highest BCUT2D eigenvalue weighted by Crippen LogP contribution is 2.35. The summed E-state index contributed by atoms with van der Waals surface area (Å²) < 4.78 is 85.2. The third-order valence-electron chi connectivity index (χ3n) is 2.85. The van der Waals surface area contributed by atoms with Crippen molar-refractivity contribution in [2.75, 3.05) is 6.61 Å². The van der Waals surface area contributed by atoms with Crippen LogP contribution >= 0.6 is 0 Å². The molecule has 144 valence electrons. The average molecular weight is 398 g/mol. The fraction of sp³-hybridized carbons (Fsp3) is 0.923. The van der Waals surface area contributed by atoms with Crippen molar-refractivity contribution < 1.29 is 40.0 Å². The Labute approximate surface area is 140 Å². The van der Waals surface area contributed by atoms with Crippen LogP contribution in [-0.4, -0.2) is 47.5 Å². The van der Waals surface area contributed by atoms with E-state index in [9.17, 15) is 31.1 Å². The zero-order valence-electron chi connectivity index (χ0n) is 14.6. The Balaban J connectivity index is 4.67. The SMILES string of the molecule is CC(C[Si](C)(C)O[Si](C)(C)C)C(=O)OCC(F)(F)C(F)C(F)(F)F. The van der Waals surface area contributed by atoms with Crippen molar-refractivity contribution >= 4 is 22.6 Å². The lowest BCUT2D eigenvalue weighted by molar-refractivity contribution is -0.254. The first kappa shape index (κ1) is 23.4. The first-order chi connectivity index (χ1) is 10.4. The van der Waals surface area contributed by atoms with E-state index in [0.717, 1.165) is 0 Å². The van der Waals surface area contributed by atoms with E-state index >= 15 is 0 Å². The van der Waals surface area contributed by atoms with Crippen molar-refractivity contribution in [3.05, 3.63) is 0 Å². The quantitative estimate of drug-likeness (QED) is 0.336. The van der Waals surface area contributed by atoms with Crippen molar-refractivity contribution in [1.82, 2.24) is 0 Å². The lowest BCUT2D eigenvalue weighted by Gasteiger charge is -2.33. The molecule has 0 saturated heterocycles. The molecule has 0 fully saturated rings. The largest absolute Gasteiger partial charge is 0.459 e. The zero-order valence-corrected chi connectivity index (χ0v) is 16.6. The van der Waals surface area contributed by atoms with Crippen molar-refractivity contribution in [1.29, 1.82) is 0 Å². The number of carbonyl (C=O) groups is 1. The van der Waals surface area contributed by atoms with E-state index in [-0.39, 0.29) is 6.04 Å². The van der Waals surface area contributed by atoms with Gasteiger partial charge in [-0.1, -0.05) is 6.92 Å². The molecule has 0 aromatic carbocycles. The minimum absolute atomic E-state index is 0.264. The van der Waals surface area contributed by atoms with Gasteiger partial charge in [-0.25, -0.2) is 4.39 Å². The Morgan fingerprint density at radius 2 is 1.50 bits per heavy atom. The van der Waals surface area contributed by atoms with E-state index in [1.807, 2.05) is 32.7 Å². The summed E-state index contributed by atoms with van der Waals surface area (Å²) in [4.78, 5) is 11.7. The maximum Gasteiger partial charge on any atom is 0.425 e. The van der Waals surface area contributed by atoms with E-state index in [4.69, 9.17) is 4.12 Å². The number of hydrogen-bond acceptors (Lipinski definition) is 3. The maximum absolute atomic E-state index is 13.1. The van der Waals surface area contributed by atoms with Crippen LogP contribution in [0.1, 0.15) is 6.92 Å². The number of ether oxygens (including phenoxy) is 1. The molecule has 3 nitrogen and oxygen atoms in total. The molecule has 0 N–H and O–H groups in total. The number of rotatable bonds is 8. The van der Waals surface area contributed by atoms with Crippen LogP contribution in [-0.2, 0) is 13.6 Å². The predicted molar refractivity (Wildman–Crippen MR) is 82.7 cm³/mol. The molecule has 11 heteroatoms. The van der Waals surface area contributed by atoms with Crippen LogP contribution in [0.5, 0.6) is 0 Å². The van der Waals surface area contributed by atoms with E-state index < -0.39 is 53.4 Å². The molecule has 0 amide bonds. The summed E-state index contributed by atoms with van der Waals surface area (Å²) in [5.74, 6) is -6.75. The van der Waals surface area contributed by atoms with E-state index in [0.29, 0.717) is 0 Å². The van der Waals surface area contributed by atoms with Crippen molar-refractivity contribution in [2.45, 2.75) is 64.0 Å². The van der Waals surface area contributed by atoms with Gasteiger partial charge in [0.25, 0.3) is 6.17 Å². The summed E-state index contributed by atoms with van der Waals surface area (Å²) in [6.07, 6.45) is -10.1. The molecule has 0 aliphatic heterocycles. The van der Waals surface area contributed by atoms with Gasteiger partial charge in [0.15, 0.2) is 23.2 Å². The Morgan fingerprint density at radius 3 is 1.88 bits per heavy atom. The zero-order chi connectivity index (χ0) is 19.6. The van der Waals surface area contributed by atoms with E-state index in [2.05, 4.69) is 4.74 Å².